The highest BCUT2D eigenvalue weighted by molar-refractivity contribution is 7.13. The second-order valence-electron chi connectivity index (χ2n) is 2.95. The van der Waals surface area contributed by atoms with Gasteiger partial charge in [-0.05, 0) is 6.42 Å². The Bertz CT molecular complexity index is 299. The van der Waals surface area contributed by atoms with Gasteiger partial charge in [-0.15, -0.1) is 11.3 Å². The average molecular weight is 214 g/mol. The van der Waals surface area contributed by atoms with Gasteiger partial charge in [-0.3, -0.25) is 4.79 Å². The SMILES string of the molecule is CCCOCC(=O)Cc1csc(N)n1. The summed E-state index contributed by atoms with van der Waals surface area (Å²) in [5.41, 5.74) is 6.17. The molecular formula is C9H14N2O2S. The largest absolute Gasteiger partial charge is 0.375 e. The van der Waals surface area contributed by atoms with Gasteiger partial charge >= 0.3 is 0 Å². The van der Waals surface area contributed by atoms with Crippen LogP contribution in [0.15, 0.2) is 5.38 Å². The number of carbonyl (C=O) groups excluding carboxylic acids is 1. The molecule has 1 aromatic heterocycles. The lowest BCUT2D eigenvalue weighted by Crippen LogP contribution is -2.12. The van der Waals surface area contributed by atoms with Crippen LogP contribution >= 0.6 is 11.3 Å². The van der Waals surface area contributed by atoms with Gasteiger partial charge in [0.15, 0.2) is 10.9 Å². The van der Waals surface area contributed by atoms with E-state index >= 15 is 0 Å². The van der Waals surface area contributed by atoms with E-state index in [9.17, 15) is 4.79 Å². The molecule has 14 heavy (non-hydrogen) atoms. The van der Waals surface area contributed by atoms with Crippen molar-refractivity contribution in [1.29, 1.82) is 0 Å². The van der Waals surface area contributed by atoms with E-state index in [0.717, 1.165) is 12.1 Å². The third-order valence-corrected chi connectivity index (χ3v) is 2.28. The summed E-state index contributed by atoms with van der Waals surface area (Å²) in [4.78, 5) is 15.3. The van der Waals surface area contributed by atoms with E-state index in [1.165, 1.54) is 11.3 Å². The summed E-state index contributed by atoms with van der Waals surface area (Å²) < 4.78 is 5.12. The molecule has 0 saturated carbocycles. The lowest BCUT2D eigenvalue weighted by atomic mass is 10.2. The number of nitrogens with zero attached hydrogens (tertiary/aromatic N) is 1. The first-order chi connectivity index (χ1) is 6.72. The molecule has 5 heteroatoms. The minimum atomic E-state index is 0.0451. The van der Waals surface area contributed by atoms with Crippen LogP contribution in [0.5, 0.6) is 0 Å². The fraction of sp³-hybridized carbons (Fsp3) is 0.556. The summed E-state index contributed by atoms with van der Waals surface area (Å²) in [6, 6.07) is 0. The van der Waals surface area contributed by atoms with Crippen molar-refractivity contribution in [3.05, 3.63) is 11.1 Å². The number of thiazole rings is 1. The topological polar surface area (TPSA) is 65.2 Å². The molecule has 1 heterocycles. The van der Waals surface area contributed by atoms with E-state index in [1.54, 1.807) is 5.38 Å². The number of hydrogen-bond acceptors (Lipinski definition) is 5. The Morgan fingerprint density at radius 2 is 2.50 bits per heavy atom. The van der Waals surface area contributed by atoms with Gasteiger partial charge in [0.1, 0.15) is 6.61 Å². The van der Waals surface area contributed by atoms with Gasteiger partial charge in [0.05, 0.1) is 12.1 Å². The summed E-state index contributed by atoms with van der Waals surface area (Å²) in [5.74, 6) is 0.0451. The lowest BCUT2D eigenvalue weighted by Gasteiger charge is -1.99. The first kappa shape index (κ1) is 11.1. The predicted octanol–water partition coefficient (Wildman–Crippen LogP) is 1.26. The summed E-state index contributed by atoms with van der Waals surface area (Å²) in [6.45, 7) is 2.81. The minimum Gasteiger partial charge on any atom is -0.375 e. The highest BCUT2D eigenvalue weighted by atomic mass is 32.1. The maximum atomic E-state index is 11.3. The molecule has 0 aromatic carbocycles. The quantitative estimate of drug-likeness (QED) is 0.724. The molecule has 0 aliphatic rings. The number of nitrogens with two attached hydrogens (primary N) is 1. The third kappa shape index (κ3) is 3.85. The summed E-state index contributed by atoms with van der Waals surface area (Å²) in [6.07, 6.45) is 1.24. The smallest absolute Gasteiger partial charge is 0.180 e. The van der Waals surface area contributed by atoms with Crippen molar-refractivity contribution in [3.8, 4) is 0 Å². The second-order valence-corrected chi connectivity index (χ2v) is 3.83. The van der Waals surface area contributed by atoms with Gasteiger partial charge in [0.25, 0.3) is 0 Å². The van der Waals surface area contributed by atoms with Crippen molar-refractivity contribution in [2.75, 3.05) is 18.9 Å². The van der Waals surface area contributed by atoms with Crippen LogP contribution in [-0.2, 0) is 16.0 Å². The van der Waals surface area contributed by atoms with Crippen LogP contribution in [0.1, 0.15) is 19.0 Å². The molecule has 0 aliphatic carbocycles. The Morgan fingerprint density at radius 3 is 3.07 bits per heavy atom. The van der Waals surface area contributed by atoms with Gasteiger partial charge in [-0.25, -0.2) is 4.98 Å². The molecule has 0 radical (unpaired) electrons. The molecule has 1 rings (SSSR count). The van der Waals surface area contributed by atoms with E-state index in [2.05, 4.69) is 4.98 Å². The monoisotopic (exact) mass is 214 g/mol. The van der Waals surface area contributed by atoms with Crippen LogP contribution in [0.4, 0.5) is 5.13 Å². The molecule has 78 valence electrons. The standard InChI is InChI=1S/C9H14N2O2S/c1-2-3-13-5-8(12)4-7-6-14-9(10)11-7/h6H,2-5H2,1H3,(H2,10,11). The van der Waals surface area contributed by atoms with E-state index in [0.29, 0.717) is 18.2 Å². The summed E-state index contributed by atoms with van der Waals surface area (Å²) >= 11 is 1.35. The number of Topliss-reactive ketones (excluding diaryl/α,β-unsaturated/α-hetero) is 1. The van der Waals surface area contributed by atoms with Crippen LogP contribution in [0.3, 0.4) is 0 Å². The van der Waals surface area contributed by atoms with E-state index in [1.807, 2.05) is 6.92 Å². The van der Waals surface area contributed by atoms with Crippen molar-refractivity contribution in [3.63, 3.8) is 0 Å². The van der Waals surface area contributed by atoms with Crippen LogP contribution in [0, 0.1) is 0 Å². The molecular weight excluding hydrogens is 200 g/mol. The lowest BCUT2D eigenvalue weighted by molar-refractivity contribution is -0.122. The molecule has 4 nitrogen and oxygen atoms in total. The number of carbonyl (C=O) groups is 1. The van der Waals surface area contributed by atoms with Gasteiger partial charge in [0.2, 0.25) is 0 Å². The number of ketones is 1. The maximum Gasteiger partial charge on any atom is 0.180 e. The first-order valence-corrected chi connectivity index (χ1v) is 5.39. The number of anilines is 1. The van der Waals surface area contributed by atoms with Crippen LogP contribution in [0.2, 0.25) is 0 Å². The molecule has 0 atom stereocenters. The zero-order chi connectivity index (χ0) is 10.4. The number of aromatic nitrogens is 1. The Labute approximate surface area is 87.1 Å². The second kappa shape index (κ2) is 5.72. The van der Waals surface area contributed by atoms with Gasteiger partial charge in [-0.1, -0.05) is 6.92 Å². The summed E-state index contributed by atoms with van der Waals surface area (Å²) in [5, 5.41) is 2.30. The Kier molecular flexibility index (Phi) is 4.55. The molecule has 2 N–H and O–H groups in total. The molecule has 0 fully saturated rings. The zero-order valence-electron chi connectivity index (χ0n) is 8.16. The van der Waals surface area contributed by atoms with Crippen molar-refractivity contribution >= 4 is 22.3 Å². The molecule has 0 unspecified atom stereocenters. The average Bonchev–Trinajstić information content (AvgIpc) is 2.52. The highest BCUT2D eigenvalue weighted by Crippen LogP contribution is 2.11. The van der Waals surface area contributed by atoms with Gasteiger partial charge < -0.3 is 10.5 Å². The number of hydrogen-bond donors (Lipinski definition) is 1. The van der Waals surface area contributed by atoms with E-state index in [-0.39, 0.29) is 12.4 Å². The van der Waals surface area contributed by atoms with Crippen LogP contribution in [-0.4, -0.2) is 24.0 Å². The molecule has 0 aliphatic heterocycles. The molecule has 0 bridgehead atoms. The number of rotatable bonds is 6. The molecule has 0 spiro atoms. The third-order valence-electron chi connectivity index (χ3n) is 1.56. The Hall–Kier alpha value is -0.940. The number of nitrogen functional groups attached to an aromatic ring is 1. The fourth-order valence-corrected chi connectivity index (χ4v) is 1.55. The van der Waals surface area contributed by atoms with Crippen LogP contribution in [0.25, 0.3) is 0 Å². The van der Waals surface area contributed by atoms with Crippen molar-refractivity contribution in [2.45, 2.75) is 19.8 Å². The normalized spacial score (nSPS) is 10.4. The minimum absolute atomic E-state index is 0.0451. The van der Waals surface area contributed by atoms with Gasteiger partial charge in [0, 0.05) is 12.0 Å². The van der Waals surface area contributed by atoms with E-state index < -0.39 is 0 Å². The first-order valence-electron chi connectivity index (χ1n) is 4.51. The van der Waals surface area contributed by atoms with Crippen molar-refractivity contribution in [2.24, 2.45) is 0 Å². The van der Waals surface area contributed by atoms with Crippen molar-refractivity contribution < 1.29 is 9.53 Å². The predicted molar refractivity (Wildman–Crippen MR) is 56.3 cm³/mol. The van der Waals surface area contributed by atoms with E-state index in [4.69, 9.17) is 10.5 Å². The summed E-state index contributed by atoms with van der Waals surface area (Å²) in [7, 11) is 0. The van der Waals surface area contributed by atoms with Gasteiger partial charge in [-0.2, -0.15) is 0 Å². The number of ether oxygens (including phenoxy) is 1. The molecule has 1 aromatic rings. The Balaban J connectivity index is 2.27. The zero-order valence-corrected chi connectivity index (χ0v) is 8.97. The molecule has 0 saturated heterocycles. The van der Waals surface area contributed by atoms with Crippen LogP contribution < -0.4 is 5.73 Å². The maximum absolute atomic E-state index is 11.3. The van der Waals surface area contributed by atoms with Crippen molar-refractivity contribution in [1.82, 2.24) is 4.98 Å². The highest BCUT2D eigenvalue weighted by Gasteiger charge is 2.06. The molecule has 0 amide bonds. The Morgan fingerprint density at radius 1 is 1.71 bits per heavy atom. The fourth-order valence-electron chi connectivity index (χ4n) is 0.987.